The van der Waals surface area contributed by atoms with Crippen LogP contribution in [0.4, 0.5) is 0 Å². The zero-order valence-corrected chi connectivity index (χ0v) is 11.9. The minimum Gasteiger partial charge on any atom is -0.314 e. The molecule has 1 aromatic rings. The molecule has 1 N–H and O–H groups in total. The molecular weight excluding hydrogens is 224 g/mol. The van der Waals surface area contributed by atoms with E-state index in [1.165, 1.54) is 24.9 Å². The van der Waals surface area contributed by atoms with Crippen LogP contribution >= 0.6 is 0 Å². The number of aromatic nitrogens is 2. The Morgan fingerprint density at radius 1 is 1.39 bits per heavy atom. The summed E-state index contributed by atoms with van der Waals surface area (Å²) in [5.74, 6) is 0. The first-order chi connectivity index (χ1) is 8.70. The lowest BCUT2D eigenvalue weighted by atomic mass is 9.88. The molecule has 0 aromatic carbocycles. The van der Waals surface area contributed by atoms with Gasteiger partial charge in [-0.1, -0.05) is 13.8 Å². The topological polar surface area (TPSA) is 33.1 Å². The van der Waals surface area contributed by atoms with Crippen LogP contribution in [0.1, 0.15) is 32.3 Å². The van der Waals surface area contributed by atoms with Crippen LogP contribution in [0.3, 0.4) is 0 Å². The van der Waals surface area contributed by atoms with Crippen LogP contribution in [0.25, 0.3) is 0 Å². The van der Waals surface area contributed by atoms with E-state index in [0.29, 0.717) is 5.54 Å². The van der Waals surface area contributed by atoms with Crippen molar-refractivity contribution in [3.05, 3.63) is 18.0 Å². The standard InChI is InChI=1S/C14H26N4/c1-4-14(5-2)12-15-7-9-18(14)8-6-13-10-16-17(3)11-13/h10-11,15H,4-9,12H2,1-3H3. The quantitative estimate of drug-likeness (QED) is 0.858. The van der Waals surface area contributed by atoms with E-state index in [2.05, 4.69) is 35.4 Å². The number of rotatable bonds is 5. The Bertz CT molecular complexity index is 368. The van der Waals surface area contributed by atoms with Crippen molar-refractivity contribution in [2.75, 3.05) is 26.2 Å². The fourth-order valence-electron chi connectivity index (χ4n) is 3.05. The lowest BCUT2D eigenvalue weighted by Crippen LogP contribution is -2.61. The molecule has 0 unspecified atom stereocenters. The van der Waals surface area contributed by atoms with Gasteiger partial charge in [-0.05, 0) is 24.8 Å². The summed E-state index contributed by atoms with van der Waals surface area (Å²) >= 11 is 0. The fourth-order valence-corrected chi connectivity index (χ4v) is 3.05. The van der Waals surface area contributed by atoms with Crippen molar-refractivity contribution in [2.24, 2.45) is 7.05 Å². The molecule has 0 spiro atoms. The van der Waals surface area contributed by atoms with Gasteiger partial charge in [0.05, 0.1) is 6.20 Å². The number of nitrogens with zero attached hydrogens (tertiary/aromatic N) is 3. The molecule has 0 saturated carbocycles. The molecule has 1 fully saturated rings. The van der Waals surface area contributed by atoms with Crippen molar-refractivity contribution in [3.63, 3.8) is 0 Å². The van der Waals surface area contributed by atoms with Gasteiger partial charge in [-0.25, -0.2) is 0 Å². The van der Waals surface area contributed by atoms with Crippen LogP contribution in [0.2, 0.25) is 0 Å². The van der Waals surface area contributed by atoms with Gasteiger partial charge in [0.1, 0.15) is 0 Å². The van der Waals surface area contributed by atoms with E-state index in [1.54, 1.807) is 0 Å². The molecule has 0 radical (unpaired) electrons. The number of aryl methyl sites for hydroxylation is 1. The summed E-state index contributed by atoms with van der Waals surface area (Å²) in [6.45, 7) is 9.19. The second-order valence-electron chi connectivity index (χ2n) is 5.37. The summed E-state index contributed by atoms with van der Waals surface area (Å²) in [7, 11) is 1.98. The largest absolute Gasteiger partial charge is 0.314 e. The first-order valence-corrected chi connectivity index (χ1v) is 7.13. The molecule has 18 heavy (non-hydrogen) atoms. The van der Waals surface area contributed by atoms with Gasteiger partial charge >= 0.3 is 0 Å². The second kappa shape index (κ2) is 5.85. The summed E-state index contributed by atoms with van der Waals surface area (Å²) in [4.78, 5) is 2.68. The van der Waals surface area contributed by atoms with Gasteiger partial charge in [0.2, 0.25) is 0 Å². The zero-order valence-electron chi connectivity index (χ0n) is 11.9. The molecular formula is C14H26N4. The summed E-state index contributed by atoms with van der Waals surface area (Å²) in [5, 5.41) is 7.79. The van der Waals surface area contributed by atoms with Gasteiger partial charge in [-0.3, -0.25) is 9.58 Å². The monoisotopic (exact) mass is 250 g/mol. The van der Waals surface area contributed by atoms with E-state index in [-0.39, 0.29) is 0 Å². The summed E-state index contributed by atoms with van der Waals surface area (Å²) < 4.78 is 1.89. The normalized spacial score (nSPS) is 20.2. The van der Waals surface area contributed by atoms with Crippen LogP contribution in [-0.2, 0) is 13.5 Å². The lowest BCUT2D eigenvalue weighted by Gasteiger charge is -2.47. The Hall–Kier alpha value is -0.870. The van der Waals surface area contributed by atoms with Crippen molar-refractivity contribution in [2.45, 2.75) is 38.6 Å². The van der Waals surface area contributed by atoms with Gasteiger partial charge < -0.3 is 5.32 Å². The lowest BCUT2D eigenvalue weighted by molar-refractivity contribution is 0.0533. The van der Waals surface area contributed by atoms with Crippen molar-refractivity contribution in [1.82, 2.24) is 20.0 Å². The molecule has 0 amide bonds. The molecule has 2 rings (SSSR count). The van der Waals surface area contributed by atoms with E-state index in [1.807, 2.05) is 17.9 Å². The Morgan fingerprint density at radius 3 is 2.78 bits per heavy atom. The molecule has 1 aliphatic heterocycles. The van der Waals surface area contributed by atoms with E-state index in [4.69, 9.17) is 0 Å². The maximum Gasteiger partial charge on any atom is 0.0522 e. The Morgan fingerprint density at radius 2 is 2.17 bits per heavy atom. The number of hydrogen-bond donors (Lipinski definition) is 1. The highest BCUT2D eigenvalue weighted by Crippen LogP contribution is 2.25. The average molecular weight is 250 g/mol. The van der Waals surface area contributed by atoms with Crippen LogP contribution in [0.5, 0.6) is 0 Å². The average Bonchev–Trinajstić information content (AvgIpc) is 2.82. The first kappa shape index (κ1) is 13.6. The highest BCUT2D eigenvalue weighted by molar-refractivity contribution is 5.05. The predicted molar refractivity (Wildman–Crippen MR) is 74.7 cm³/mol. The van der Waals surface area contributed by atoms with Gasteiger partial charge in [0.15, 0.2) is 0 Å². The van der Waals surface area contributed by atoms with Crippen LogP contribution in [-0.4, -0.2) is 46.4 Å². The minimum atomic E-state index is 0.362. The van der Waals surface area contributed by atoms with Crippen LogP contribution in [0.15, 0.2) is 12.4 Å². The van der Waals surface area contributed by atoms with Crippen molar-refractivity contribution >= 4 is 0 Å². The third-order valence-corrected chi connectivity index (χ3v) is 4.43. The van der Waals surface area contributed by atoms with Gasteiger partial charge in [-0.15, -0.1) is 0 Å². The number of nitrogens with one attached hydrogen (secondary N) is 1. The molecule has 102 valence electrons. The van der Waals surface area contributed by atoms with Crippen molar-refractivity contribution in [3.8, 4) is 0 Å². The Labute approximate surface area is 110 Å². The third kappa shape index (κ3) is 2.75. The maximum absolute atomic E-state index is 4.24. The number of hydrogen-bond acceptors (Lipinski definition) is 3. The van der Waals surface area contributed by atoms with E-state index in [0.717, 1.165) is 26.1 Å². The fraction of sp³-hybridized carbons (Fsp3) is 0.786. The maximum atomic E-state index is 4.24. The van der Waals surface area contributed by atoms with E-state index >= 15 is 0 Å². The highest BCUT2D eigenvalue weighted by Gasteiger charge is 2.34. The third-order valence-electron chi connectivity index (χ3n) is 4.43. The molecule has 0 atom stereocenters. The number of piperazine rings is 1. The SMILES string of the molecule is CCC1(CC)CNCCN1CCc1cnn(C)c1. The molecule has 0 bridgehead atoms. The second-order valence-corrected chi connectivity index (χ2v) is 5.37. The predicted octanol–water partition coefficient (Wildman–Crippen LogP) is 1.43. The molecule has 2 heterocycles. The van der Waals surface area contributed by atoms with Crippen molar-refractivity contribution in [1.29, 1.82) is 0 Å². The van der Waals surface area contributed by atoms with Crippen LogP contribution < -0.4 is 5.32 Å². The van der Waals surface area contributed by atoms with E-state index in [9.17, 15) is 0 Å². The van der Waals surface area contributed by atoms with Gasteiger partial charge in [0.25, 0.3) is 0 Å². The Kier molecular flexibility index (Phi) is 4.40. The van der Waals surface area contributed by atoms with E-state index < -0.39 is 0 Å². The molecule has 1 aliphatic rings. The zero-order chi connectivity index (χ0) is 13.0. The van der Waals surface area contributed by atoms with Gasteiger partial charge in [0, 0.05) is 45.0 Å². The summed E-state index contributed by atoms with van der Waals surface area (Å²) in [6, 6.07) is 0. The molecule has 1 saturated heterocycles. The van der Waals surface area contributed by atoms with Gasteiger partial charge in [-0.2, -0.15) is 5.10 Å². The van der Waals surface area contributed by atoms with Crippen molar-refractivity contribution < 1.29 is 0 Å². The molecule has 1 aromatic heterocycles. The summed E-state index contributed by atoms with van der Waals surface area (Å²) in [5.41, 5.74) is 1.71. The highest BCUT2D eigenvalue weighted by atomic mass is 15.3. The molecule has 4 nitrogen and oxygen atoms in total. The first-order valence-electron chi connectivity index (χ1n) is 7.13. The summed E-state index contributed by atoms with van der Waals surface area (Å²) in [6.07, 6.45) is 7.67. The smallest absolute Gasteiger partial charge is 0.0522 e. The van der Waals surface area contributed by atoms with Crippen LogP contribution in [0, 0.1) is 0 Å². The molecule has 4 heteroatoms. The minimum absolute atomic E-state index is 0.362. The Balaban J connectivity index is 1.97. The molecule has 0 aliphatic carbocycles.